The van der Waals surface area contributed by atoms with E-state index in [2.05, 4.69) is 4.90 Å². The van der Waals surface area contributed by atoms with Gasteiger partial charge in [0.25, 0.3) is 0 Å². The Morgan fingerprint density at radius 2 is 2.35 bits per heavy atom. The highest BCUT2D eigenvalue weighted by Gasteiger charge is 2.18. The molecule has 2 unspecified atom stereocenters. The van der Waals surface area contributed by atoms with Crippen molar-refractivity contribution in [2.45, 2.75) is 13.0 Å². The average molecular weight is 276 g/mol. The van der Waals surface area contributed by atoms with Gasteiger partial charge in [-0.25, -0.2) is 0 Å². The fourth-order valence-electron chi connectivity index (χ4n) is 1.72. The van der Waals surface area contributed by atoms with Crippen molar-refractivity contribution in [2.75, 3.05) is 24.6 Å². The molecule has 1 aliphatic heterocycles. The summed E-state index contributed by atoms with van der Waals surface area (Å²) in [5, 5.41) is 0.697. The molecule has 0 amide bonds. The zero-order valence-corrected chi connectivity index (χ0v) is 11.0. The molecule has 94 valence electrons. The van der Waals surface area contributed by atoms with E-state index in [1.165, 1.54) is 0 Å². The van der Waals surface area contributed by atoms with Crippen LogP contribution in [0.4, 0.5) is 5.69 Å². The van der Waals surface area contributed by atoms with Crippen LogP contribution >= 0.6 is 11.6 Å². The zero-order chi connectivity index (χ0) is 12.3. The first-order valence-corrected chi connectivity index (χ1v) is 6.75. The second kappa shape index (κ2) is 5.82. The van der Waals surface area contributed by atoms with Crippen LogP contribution in [0.25, 0.3) is 0 Å². The van der Waals surface area contributed by atoms with Crippen molar-refractivity contribution in [3.05, 3.63) is 29.3 Å². The summed E-state index contributed by atoms with van der Waals surface area (Å²) in [7, 11) is 0. The molecule has 6 heteroatoms. The Balaban J connectivity index is 2.12. The average Bonchev–Trinajstić information content (AvgIpc) is 2.25. The van der Waals surface area contributed by atoms with Gasteiger partial charge in [-0.1, -0.05) is 17.7 Å². The van der Waals surface area contributed by atoms with Crippen LogP contribution in [-0.2, 0) is 19.7 Å². The van der Waals surface area contributed by atoms with Crippen LogP contribution in [0.1, 0.15) is 6.92 Å². The first-order chi connectivity index (χ1) is 8.15. The highest BCUT2D eigenvalue weighted by Crippen LogP contribution is 2.20. The van der Waals surface area contributed by atoms with Gasteiger partial charge < -0.3 is 4.90 Å². The summed E-state index contributed by atoms with van der Waals surface area (Å²) in [6.45, 7) is 3.56. The van der Waals surface area contributed by atoms with E-state index in [0.29, 0.717) is 24.7 Å². The molecule has 1 aliphatic rings. The summed E-state index contributed by atoms with van der Waals surface area (Å²) in [6.07, 6.45) is -0.157. The van der Waals surface area contributed by atoms with Crippen LogP contribution < -0.4 is 4.90 Å². The number of nitrogens with zero attached hydrogens (tertiary/aromatic N) is 1. The molecule has 1 aromatic carbocycles. The minimum absolute atomic E-state index is 0.157. The molecule has 0 bridgehead atoms. The van der Waals surface area contributed by atoms with Crippen LogP contribution in [0.2, 0.25) is 5.02 Å². The lowest BCUT2D eigenvalue weighted by molar-refractivity contribution is 0.184. The molecule has 2 atom stereocenters. The highest BCUT2D eigenvalue weighted by molar-refractivity contribution is 7.75. The van der Waals surface area contributed by atoms with Gasteiger partial charge in [0.15, 0.2) is 0 Å². The topological polar surface area (TPSA) is 38.8 Å². The molecule has 0 N–H and O–H groups in total. The van der Waals surface area contributed by atoms with E-state index in [1.54, 1.807) is 0 Å². The van der Waals surface area contributed by atoms with Crippen molar-refractivity contribution < 1.29 is 12.6 Å². The van der Waals surface area contributed by atoms with Gasteiger partial charge in [0.1, 0.15) is 0 Å². The lowest BCUT2D eigenvalue weighted by Crippen LogP contribution is -2.38. The number of rotatable bonds is 1. The van der Waals surface area contributed by atoms with E-state index in [9.17, 15) is 4.21 Å². The molecule has 0 spiro atoms. The molecule has 1 heterocycles. The monoisotopic (exact) mass is 275 g/mol. The quantitative estimate of drug-likeness (QED) is 0.787. The molecule has 0 saturated carbocycles. The molecule has 4 nitrogen and oxygen atoms in total. The summed E-state index contributed by atoms with van der Waals surface area (Å²) in [4.78, 5) is 2.10. The Kier molecular flexibility index (Phi) is 4.39. The first-order valence-electron chi connectivity index (χ1n) is 5.38. The Hall–Kier alpha value is -0.620. The van der Waals surface area contributed by atoms with E-state index >= 15 is 0 Å². The summed E-state index contributed by atoms with van der Waals surface area (Å²) in [5.41, 5.74) is 1.02. The fraction of sp³-hybridized carbons (Fsp3) is 0.455. The Morgan fingerprint density at radius 1 is 1.53 bits per heavy atom. The van der Waals surface area contributed by atoms with Crippen molar-refractivity contribution in [1.29, 1.82) is 0 Å². The molecular formula is C11H14ClNO3S. The number of benzene rings is 1. The first kappa shape index (κ1) is 12.8. The maximum atomic E-state index is 11.2. The van der Waals surface area contributed by atoms with Crippen LogP contribution in [0.3, 0.4) is 0 Å². The molecule has 1 aromatic rings. The third kappa shape index (κ3) is 3.67. The Labute approximate surface area is 108 Å². The molecule has 2 rings (SSSR count). The standard InChI is InChI=1S/C11H14ClNO3S/c1-9-8-13(5-6-15-17(14)16-9)11-4-2-3-10(12)7-11/h2-4,7,9H,5-6,8H2,1H3. The van der Waals surface area contributed by atoms with Gasteiger partial charge in [-0.3, -0.25) is 8.37 Å². The third-order valence-electron chi connectivity index (χ3n) is 2.43. The van der Waals surface area contributed by atoms with Crippen molar-refractivity contribution in [3.8, 4) is 0 Å². The van der Waals surface area contributed by atoms with Gasteiger partial charge in [-0.05, 0) is 25.1 Å². The lowest BCUT2D eigenvalue weighted by Gasteiger charge is -2.29. The van der Waals surface area contributed by atoms with E-state index in [0.717, 1.165) is 5.69 Å². The van der Waals surface area contributed by atoms with Crippen molar-refractivity contribution in [3.63, 3.8) is 0 Å². The van der Waals surface area contributed by atoms with Gasteiger partial charge in [-0.15, -0.1) is 0 Å². The lowest BCUT2D eigenvalue weighted by atomic mass is 10.2. The Morgan fingerprint density at radius 3 is 3.12 bits per heavy atom. The van der Waals surface area contributed by atoms with Crippen LogP contribution in [0, 0.1) is 0 Å². The van der Waals surface area contributed by atoms with Gasteiger partial charge in [0.2, 0.25) is 0 Å². The highest BCUT2D eigenvalue weighted by atomic mass is 35.5. The van der Waals surface area contributed by atoms with E-state index < -0.39 is 11.4 Å². The minimum Gasteiger partial charge on any atom is -0.366 e. The maximum absolute atomic E-state index is 11.2. The number of anilines is 1. The second-order valence-corrected chi connectivity index (χ2v) is 5.13. The fourth-order valence-corrected chi connectivity index (χ4v) is 2.50. The van der Waals surface area contributed by atoms with E-state index in [4.69, 9.17) is 20.0 Å². The van der Waals surface area contributed by atoms with Crippen LogP contribution in [-0.4, -0.2) is 30.0 Å². The zero-order valence-electron chi connectivity index (χ0n) is 9.47. The number of halogens is 1. The summed E-state index contributed by atoms with van der Waals surface area (Å²) in [6, 6.07) is 7.62. The smallest absolute Gasteiger partial charge is 0.304 e. The molecule has 0 aromatic heterocycles. The Bertz CT molecular complexity index is 415. The van der Waals surface area contributed by atoms with Gasteiger partial charge in [-0.2, -0.15) is 4.21 Å². The van der Waals surface area contributed by atoms with E-state index in [1.807, 2.05) is 31.2 Å². The van der Waals surface area contributed by atoms with Gasteiger partial charge in [0.05, 0.1) is 12.7 Å². The summed E-state index contributed by atoms with van der Waals surface area (Å²) in [5.74, 6) is 0. The van der Waals surface area contributed by atoms with Gasteiger partial charge in [0, 0.05) is 23.8 Å². The predicted molar refractivity (Wildman–Crippen MR) is 68.3 cm³/mol. The van der Waals surface area contributed by atoms with Crippen molar-refractivity contribution in [1.82, 2.24) is 0 Å². The largest absolute Gasteiger partial charge is 0.366 e. The van der Waals surface area contributed by atoms with Gasteiger partial charge >= 0.3 is 11.4 Å². The molecule has 0 aliphatic carbocycles. The molecule has 17 heavy (non-hydrogen) atoms. The normalized spacial score (nSPS) is 26.4. The summed E-state index contributed by atoms with van der Waals surface area (Å²) < 4.78 is 21.3. The van der Waals surface area contributed by atoms with Crippen molar-refractivity contribution >= 4 is 28.6 Å². The maximum Gasteiger partial charge on any atom is 0.304 e. The predicted octanol–water partition coefficient (Wildman–Crippen LogP) is 2.16. The third-order valence-corrected chi connectivity index (χ3v) is 3.51. The van der Waals surface area contributed by atoms with Crippen molar-refractivity contribution in [2.24, 2.45) is 0 Å². The SMILES string of the molecule is CC1CN(c2cccc(Cl)c2)CCOS(=O)O1. The number of hydrogen-bond acceptors (Lipinski definition) is 4. The van der Waals surface area contributed by atoms with E-state index in [-0.39, 0.29) is 6.10 Å². The molecular weight excluding hydrogens is 262 g/mol. The number of hydrogen-bond donors (Lipinski definition) is 0. The summed E-state index contributed by atoms with van der Waals surface area (Å²) >= 11 is 4.33. The second-order valence-electron chi connectivity index (χ2n) is 3.86. The van der Waals surface area contributed by atoms with Crippen LogP contribution in [0.15, 0.2) is 24.3 Å². The molecule has 0 radical (unpaired) electrons. The van der Waals surface area contributed by atoms with Crippen LogP contribution in [0.5, 0.6) is 0 Å². The molecule has 1 fully saturated rings. The molecule has 1 saturated heterocycles. The minimum atomic E-state index is -1.63.